The summed E-state index contributed by atoms with van der Waals surface area (Å²) in [6, 6.07) is 50.3. The topological polar surface area (TPSA) is 9.86 Å². The lowest BCUT2D eigenvalue weighted by atomic mass is 10.0. The first-order valence-corrected chi connectivity index (χ1v) is 13.0. The highest BCUT2D eigenvalue weighted by Gasteiger charge is 2.16. The average Bonchev–Trinajstić information content (AvgIpc) is 3.56. The van der Waals surface area contributed by atoms with Gasteiger partial charge in [0.25, 0.3) is 0 Å². The van der Waals surface area contributed by atoms with E-state index < -0.39 is 0 Å². The summed E-state index contributed by atoms with van der Waals surface area (Å²) >= 11 is 0. The van der Waals surface area contributed by atoms with Crippen molar-refractivity contribution >= 4 is 43.5 Å². The number of aromatic nitrogens is 2. The summed E-state index contributed by atoms with van der Waals surface area (Å²) in [4.78, 5) is 0. The number of para-hydroxylation sites is 2. The van der Waals surface area contributed by atoms with Crippen LogP contribution in [0.2, 0.25) is 0 Å². The molecule has 0 bridgehead atoms. The van der Waals surface area contributed by atoms with E-state index in [9.17, 15) is 0 Å². The third-order valence-electron chi connectivity index (χ3n) is 7.73. The molecule has 0 radical (unpaired) electrons. The summed E-state index contributed by atoms with van der Waals surface area (Å²) in [7, 11) is 0. The predicted octanol–water partition coefficient (Wildman–Crippen LogP) is 9.55. The van der Waals surface area contributed by atoms with E-state index in [1.54, 1.807) is 0 Å². The summed E-state index contributed by atoms with van der Waals surface area (Å²) in [5, 5.41) is 6.30. The number of hydrogen-bond donors (Lipinski definition) is 0. The van der Waals surface area contributed by atoms with Gasteiger partial charge in [0.15, 0.2) is 0 Å². The third-order valence-corrected chi connectivity index (χ3v) is 7.73. The Morgan fingerprint density at radius 2 is 1.11 bits per heavy atom. The Bertz CT molecular complexity index is 2100. The molecule has 0 unspecified atom stereocenters. The standard InChI is InChI=1S/C36H24N2/c1-3-9-25(10-4-1)26-15-18-30(19-16-26)38-34-14-8-7-13-31(34)32-20-17-27-23-28-21-22-37(29-11-5-2-6-12-29)35(28)24-33(27)36(32)38/h1-24H. The van der Waals surface area contributed by atoms with Crippen molar-refractivity contribution < 1.29 is 0 Å². The van der Waals surface area contributed by atoms with E-state index in [2.05, 4.69) is 155 Å². The molecule has 2 aromatic heterocycles. The first kappa shape index (κ1) is 21.0. The number of rotatable bonds is 3. The maximum absolute atomic E-state index is 2.43. The van der Waals surface area contributed by atoms with Crippen molar-refractivity contribution in [1.82, 2.24) is 9.13 Å². The lowest BCUT2D eigenvalue weighted by molar-refractivity contribution is 1.13. The van der Waals surface area contributed by atoms with Crippen LogP contribution in [0.25, 0.3) is 66.0 Å². The zero-order chi connectivity index (χ0) is 25.1. The Balaban J connectivity index is 1.43. The van der Waals surface area contributed by atoms with E-state index >= 15 is 0 Å². The van der Waals surface area contributed by atoms with Crippen molar-refractivity contribution in [3.05, 3.63) is 146 Å². The molecule has 8 rings (SSSR count). The van der Waals surface area contributed by atoms with Crippen LogP contribution in [-0.2, 0) is 0 Å². The van der Waals surface area contributed by atoms with Gasteiger partial charge in [0.2, 0.25) is 0 Å². The van der Waals surface area contributed by atoms with Crippen molar-refractivity contribution in [2.75, 3.05) is 0 Å². The molecule has 0 aliphatic rings. The third kappa shape index (κ3) is 3.14. The molecule has 8 aromatic rings. The number of hydrogen-bond acceptors (Lipinski definition) is 0. The zero-order valence-electron chi connectivity index (χ0n) is 20.8. The van der Waals surface area contributed by atoms with Gasteiger partial charge < -0.3 is 9.13 Å². The fourth-order valence-electron chi connectivity index (χ4n) is 5.93. The van der Waals surface area contributed by atoms with Crippen LogP contribution in [0.1, 0.15) is 0 Å². The van der Waals surface area contributed by atoms with Crippen LogP contribution in [0, 0.1) is 0 Å². The van der Waals surface area contributed by atoms with Crippen LogP contribution in [0.15, 0.2) is 146 Å². The van der Waals surface area contributed by atoms with E-state index in [1.165, 1.54) is 66.0 Å². The first-order valence-electron chi connectivity index (χ1n) is 13.0. The van der Waals surface area contributed by atoms with E-state index in [0.717, 1.165) is 0 Å². The number of nitrogens with zero attached hydrogens (tertiary/aromatic N) is 2. The molecule has 6 aromatic carbocycles. The van der Waals surface area contributed by atoms with E-state index in [-0.39, 0.29) is 0 Å². The minimum Gasteiger partial charge on any atom is -0.317 e. The summed E-state index contributed by atoms with van der Waals surface area (Å²) < 4.78 is 4.72. The molecule has 0 saturated carbocycles. The highest BCUT2D eigenvalue weighted by atomic mass is 15.0. The predicted molar refractivity (Wildman–Crippen MR) is 161 cm³/mol. The second kappa shape index (κ2) is 8.22. The molecular weight excluding hydrogens is 460 g/mol. The zero-order valence-corrected chi connectivity index (χ0v) is 20.8. The second-order valence-electron chi connectivity index (χ2n) is 9.88. The molecule has 0 amide bonds. The maximum Gasteiger partial charge on any atom is 0.0620 e. The van der Waals surface area contributed by atoms with Gasteiger partial charge in [0.05, 0.1) is 16.6 Å². The molecule has 2 heteroatoms. The minimum atomic E-state index is 1.17. The number of benzene rings is 6. The van der Waals surface area contributed by atoms with Gasteiger partial charge in [-0.25, -0.2) is 0 Å². The first-order chi connectivity index (χ1) is 18.8. The molecule has 0 saturated heterocycles. The molecule has 2 heterocycles. The Hall–Kier alpha value is -5.08. The Kier molecular flexibility index (Phi) is 4.55. The van der Waals surface area contributed by atoms with E-state index in [1.807, 2.05) is 0 Å². The summed E-state index contributed by atoms with van der Waals surface area (Å²) in [6.07, 6.45) is 2.17. The van der Waals surface area contributed by atoms with Gasteiger partial charge in [-0.3, -0.25) is 0 Å². The largest absolute Gasteiger partial charge is 0.317 e. The smallest absolute Gasteiger partial charge is 0.0620 e. The highest BCUT2D eigenvalue weighted by molar-refractivity contribution is 6.20. The van der Waals surface area contributed by atoms with Gasteiger partial charge in [-0.1, -0.05) is 91.0 Å². The Morgan fingerprint density at radius 1 is 0.395 bits per heavy atom. The van der Waals surface area contributed by atoms with Crippen LogP contribution in [0.3, 0.4) is 0 Å². The van der Waals surface area contributed by atoms with Crippen molar-refractivity contribution in [3.63, 3.8) is 0 Å². The lowest BCUT2D eigenvalue weighted by Gasteiger charge is -2.12. The van der Waals surface area contributed by atoms with Gasteiger partial charge in [-0.05, 0) is 65.0 Å². The molecule has 0 N–H and O–H groups in total. The van der Waals surface area contributed by atoms with Gasteiger partial charge in [0, 0.05) is 39.1 Å². The van der Waals surface area contributed by atoms with Crippen LogP contribution >= 0.6 is 0 Å². The molecule has 0 aliphatic carbocycles. The van der Waals surface area contributed by atoms with Crippen LogP contribution in [0.4, 0.5) is 0 Å². The Morgan fingerprint density at radius 3 is 1.92 bits per heavy atom. The summed E-state index contributed by atoms with van der Waals surface area (Å²) in [5.41, 5.74) is 8.48. The quantitative estimate of drug-likeness (QED) is 0.236. The maximum atomic E-state index is 2.43. The van der Waals surface area contributed by atoms with Crippen molar-refractivity contribution in [3.8, 4) is 22.5 Å². The van der Waals surface area contributed by atoms with Crippen molar-refractivity contribution in [2.45, 2.75) is 0 Å². The SMILES string of the molecule is c1ccc(-c2ccc(-n3c4ccccc4c4ccc5cc6ccn(-c7ccccc7)c6cc5c43)cc2)cc1. The van der Waals surface area contributed by atoms with Crippen LogP contribution < -0.4 is 0 Å². The monoisotopic (exact) mass is 484 g/mol. The fourth-order valence-corrected chi connectivity index (χ4v) is 5.93. The van der Waals surface area contributed by atoms with Gasteiger partial charge in [0.1, 0.15) is 0 Å². The van der Waals surface area contributed by atoms with Gasteiger partial charge in [-0.2, -0.15) is 0 Å². The molecule has 0 aliphatic heterocycles. The molecule has 0 atom stereocenters. The molecule has 2 nitrogen and oxygen atoms in total. The van der Waals surface area contributed by atoms with Crippen LogP contribution in [0.5, 0.6) is 0 Å². The number of fused-ring (bicyclic) bond motifs is 6. The molecule has 0 spiro atoms. The molecule has 0 fully saturated rings. The van der Waals surface area contributed by atoms with E-state index in [4.69, 9.17) is 0 Å². The molecular formula is C36H24N2. The Labute approximate surface area is 220 Å². The minimum absolute atomic E-state index is 1.17. The molecule has 178 valence electrons. The van der Waals surface area contributed by atoms with Gasteiger partial charge >= 0.3 is 0 Å². The van der Waals surface area contributed by atoms with Crippen molar-refractivity contribution in [2.24, 2.45) is 0 Å². The lowest BCUT2D eigenvalue weighted by Crippen LogP contribution is -1.95. The molecule has 38 heavy (non-hydrogen) atoms. The normalized spacial score (nSPS) is 11.7. The highest BCUT2D eigenvalue weighted by Crippen LogP contribution is 2.38. The summed E-state index contributed by atoms with van der Waals surface area (Å²) in [5.74, 6) is 0. The van der Waals surface area contributed by atoms with Crippen LogP contribution in [-0.4, -0.2) is 9.13 Å². The second-order valence-corrected chi connectivity index (χ2v) is 9.88. The van der Waals surface area contributed by atoms with Crippen molar-refractivity contribution in [1.29, 1.82) is 0 Å². The summed E-state index contributed by atoms with van der Waals surface area (Å²) in [6.45, 7) is 0. The average molecular weight is 485 g/mol. The van der Waals surface area contributed by atoms with E-state index in [0.29, 0.717) is 0 Å². The van der Waals surface area contributed by atoms with Gasteiger partial charge in [-0.15, -0.1) is 0 Å². The fraction of sp³-hybridized carbons (Fsp3) is 0.